The number of hydrogen-bond acceptors (Lipinski definition) is 11. The van der Waals surface area contributed by atoms with Crippen LogP contribution in [0.5, 0.6) is 17.2 Å². The Morgan fingerprint density at radius 2 is 1.61 bits per heavy atom. The van der Waals surface area contributed by atoms with E-state index < -0.39 is 52.8 Å². The molecule has 33 heavy (non-hydrogen) atoms. The molecule has 0 radical (unpaired) electrons. The van der Waals surface area contributed by atoms with Gasteiger partial charge >= 0.3 is 5.97 Å². The van der Waals surface area contributed by atoms with Crippen molar-refractivity contribution < 1.29 is 59.9 Å². The molecule has 1 heterocycles. The number of ketones is 1. The number of ether oxygens (including phenoxy) is 2. The van der Waals surface area contributed by atoms with Crippen LogP contribution < -0.4 is 4.74 Å². The third kappa shape index (κ3) is 4.02. The van der Waals surface area contributed by atoms with Gasteiger partial charge in [-0.3, -0.25) is 4.79 Å². The minimum absolute atomic E-state index is 0.0904. The number of carbonyl (C=O) groups is 2. The summed E-state index contributed by atoms with van der Waals surface area (Å²) in [6, 6.07) is 10.5. The van der Waals surface area contributed by atoms with Crippen molar-refractivity contribution in [1.82, 2.24) is 0 Å². The standard InChI is InChI=1S/C21H20O12/c22-13-8-6-11(10-14(13)23)7-9-15(24)19(17(26)27)21(30,31)16(25)20(28,29)18(33-19)32-12-4-2-1-3-5-12/h1-10,16,18,22-23,25,28-31H,(H,26,27). The van der Waals surface area contributed by atoms with Gasteiger partial charge in [0.25, 0.3) is 17.7 Å². The van der Waals surface area contributed by atoms with Gasteiger partial charge in [0.1, 0.15) is 5.75 Å². The van der Waals surface area contributed by atoms with Gasteiger partial charge in [0, 0.05) is 0 Å². The second kappa shape index (κ2) is 8.44. The smallest absolute Gasteiger partial charge is 0.350 e. The van der Waals surface area contributed by atoms with Gasteiger partial charge in [-0.15, -0.1) is 0 Å². The van der Waals surface area contributed by atoms with Gasteiger partial charge in [-0.1, -0.05) is 30.3 Å². The molecule has 1 aliphatic rings. The minimum atomic E-state index is -4.04. The molecule has 12 nitrogen and oxygen atoms in total. The maximum Gasteiger partial charge on any atom is 0.350 e. The Balaban J connectivity index is 2.04. The predicted octanol–water partition coefficient (Wildman–Crippen LogP) is -1.34. The Kier molecular flexibility index (Phi) is 6.17. The van der Waals surface area contributed by atoms with Gasteiger partial charge in [-0.05, 0) is 35.9 Å². The first-order chi connectivity index (χ1) is 15.3. The molecule has 0 amide bonds. The fraction of sp³-hybridized carbons (Fsp3) is 0.238. The number of benzene rings is 2. The molecule has 0 saturated carbocycles. The summed E-state index contributed by atoms with van der Waals surface area (Å²) in [6.45, 7) is 0. The zero-order valence-corrected chi connectivity index (χ0v) is 16.6. The van der Waals surface area contributed by atoms with Crippen molar-refractivity contribution in [2.75, 3.05) is 0 Å². The maximum absolute atomic E-state index is 12.9. The number of aliphatic hydroxyl groups is 5. The zero-order valence-electron chi connectivity index (χ0n) is 16.6. The molecule has 3 unspecified atom stereocenters. The van der Waals surface area contributed by atoms with Crippen LogP contribution in [0.4, 0.5) is 0 Å². The summed E-state index contributed by atoms with van der Waals surface area (Å²) in [7, 11) is 0. The molecular formula is C21H20O12. The quantitative estimate of drug-likeness (QED) is 0.108. The molecule has 1 fully saturated rings. The van der Waals surface area contributed by atoms with Crippen molar-refractivity contribution in [2.45, 2.75) is 29.6 Å². The van der Waals surface area contributed by atoms with Crippen molar-refractivity contribution in [2.24, 2.45) is 0 Å². The molecule has 0 spiro atoms. The van der Waals surface area contributed by atoms with Gasteiger partial charge in [0.2, 0.25) is 11.6 Å². The summed E-state index contributed by atoms with van der Waals surface area (Å²) in [5.74, 6) is -12.6. The lowest BCUT2D eigenvalue weighted by Gasteiger charge is -2.51. The molecule has 1 aliphatic heterocycles. The Bertz CT molecular complexity index is 1080. The highest BCUT2D eigenvalue weighted by Crippen LogP contribution is 2.42. The highest BCUT2D eigenvalue weighted by molar-refractivity contribution is 6.14. The lowest BCUT2D eigenvalue weighted by Crippen LogP contribution is -2.82. The molecule has 0 bridgehead atoms. The molecule has 176 valence electrons. The molecule has 2 aromatic rings. The second-order valence-corrected chi connectivity index (χ2v) is 7.22. The number of carboxylic acids is 1. The highest BCUT2D eigenvalue weighted by Gasteiger charge is 2.76. The van der Waals surface area contributed by atoms with Crippen LogP contribution in [0, 0.1) is 0 Å². The van der Waals surface area contributed by atoms with Crippen LogP contribution >= 0.6 is 0 Å². The average molecular weight is 464 g/mol. The normalized spacial score (nSPS) is 26.1. The summed E-state index contributed by atoms with van der Waals surface area (Å²) in [5, 5.41) is 80.1. The topological polar surface area (TPSA) is 214 Å². The van der Waals surface area contributed by atoms with E-state index in [0.29, 0.717) is 6.08 Å². The first-order valence-corrected chi connectivity index (χ1v) is 9.29. The van der Waals surface area contributed by atoms with E-state index in [-0.39, 0.29) is 11.3 Å². The van der Waals surface area contributed by atoms with E-state index in [0.717, 1.165) is 18.2 Å². The summed E-state index contributed by atoms with van der Waals surface area (Å²) in [6.07, 6.45) is -4.05. The number of phenolic OH excluding ortho intramolecular Hbond substituents is 2. The SMILES string of the molecule is O=C(O)C1(C(=O)C=Cc2ccc(O)c(O)c2)OC(Oc2ccccc2)C(O)(O)C(O)C1(O)O. The van der Waals surface area contributed by atoms with Crippen LogP contribution in [-0.2, 0) is 14.3 Å². The molecule has 1 saturated heterocycles. The van der Waals surface area contributed by atoms with Gasteiger partial charge in [0.05, 0.1) is 0 Å². The Morgan fingerprint density at radius 1 is 0.970 bits per heavy atom. The minimum Gasteiger partial charge on any atom is -0.504 e. The van der Waals surface area contributed by atoms with Crippen LogP contribution in [0.15, 0.2) is 54.6 Å². The second-order valence-electron chi connectivity index (χ2n) is 7.22. The van der Waals surface area contributed by atoms with Crippen molar-refractivity contribution in [1.29, 1.82) is 0 Å². The Hall–Kier alpha value is -3.52. The third-order valence-electron chi connectivity index (χ3n) is 4.99. The van der Waals surface area contributed by atoms with Crippen LogP contribution in [0.1, 0.15) is 5.56 Å². The number of hydrogen-bond donors (Lipinski definition) is 8. The summed E-state index contributed by atoms with van der Waals surface area (Å²) in [4.78, 5) is 25.0. The zero-order chi connectivity index (χ0) is 24.6. The van der Waals surface area contributed by atoms with E-state index in [1.165, 1.54) is 30.3 Å². The monoisotopic (exact) mass is 464 g/mol. The summed E-state index contributed by atoms with van der Waals surface area (Å²) in [5.41, 5.74) is -3.58. The molecule has 12 heteroatoms. The Labute approximate surface area is 185 Å². The summed E-state index contributed by atoms with van der Waals surface area (Å²) < 4.78 is 10.1. The number of rotatable bonds is 6. The third-order valence-corrected chi connectivity index (χ3v) is 4.99. The number of aliphatic hydroxyl groups excluding tert-OH is 1. The van der Waals surface area contributed by atoms with E-state index in [4.69, 9.17) is 9.47 Å². The number of aromatic hydroxyl groups is 2. The molecule has 0 aliphatic carbocycles. The molecule has 0 aromatic heterocycles. The van der Waals surface area contributed by atoms with Crippen molar-refractivity contribution >= 4 is 17.8 Å². The number of phenols is 2. The fourth-order valence-corrected chi connectivity index (χ4v) is 3.17. The van der Waals surface area contributed by atoms with Gasteiger partial charge in [-0.2, -0.15) is 0 Å². The lowest BCUT2D eigenvalue weighted by atomic mass is 9.78. The van der Waals surface area contributed by atoms with E-state index in [9.17, 15) is 50.4 Å². The van der Waals surface area contributed by atoms with Crippen LogP contribution in [-0.4, -0.2) is 82.2 Å². The first-order valence-electron chi connectivity index (χ1n) is 9.29. The molecule has 3 rings (SSSR count). The van der Waals surface area contributed by atoms with E-state index in [1.54, 1.807) is 6.07 Å². The molecule has 8 N–H and O–H groups in total. The van der Waals surface area contributed by atoms with Crippen molar-refractivity contribution in [3.63, 3.8) is 0 Å². The van der Waals surface area contributed by atoms with Gasteiger partial charge < -0.3 is 50.3 Å². The molecule has 2 aromatic carbocycles. The lowest BCUT2D eigenvalue weighted by molar-refractivity contribution is -0.454. The Morgan fingerprint density at radius 3 is 2.18 bits per heavy atom. The van der Waals surface area contributed by atoms with E-state index >= 15 is 0 Å². The van der Waals surface area contributed by atoms with Crippen molar-refractivity contribution in [3.8, 4) is 17.2 Å². The fourth-order valence-electron chi connectivity index (χ4n) is 3.17. The number of aliphatic carboxylic acids is 1. The highest BCUT2D eigenvalue weighted by atomic mass is 16.8. The summed E-state index contributed by atoms with van der Waals surface area (Å²) >= 11 is 0. The molecule has 3 atom stereocenters. The molecular weight excluding hydrogens is 444 g/mol. The average Bonchev–Trinajstić information content (AvgIpc) is 2.76. The van der Waals surface area contributed by atoms with E-state index in [2.05, 4.69) is 0 Å². The number of para-hydroxylation sites is 1. The maximum atomic E-state index is 12.9. The van der Waals surface area contributed by atoms with Crippen LogP contribution in [0.25, 0.3) is 6.08 Å². The van der Waals surface area contributed by atoms with E-state index in [1.807, 2.05) is 0 Å². The predicted molar refractivity (Wildman–Crippen MR) is 106 cm³/mol. The number of carboxylic acid groups (broad SMARTS) is 1. The van der Waals surface area contributed by atoms with Crippen LogP contribution in [0.3, 0.4) is 0 Å². The first kappa shape index (κ1) is 24.1. The van der Waals surface area contributed by atoms with Gasteiger partial charge in [0.15, 0.2) is 17.6 Å². The largest absolute Gasteiger partial charge is 0.504 e. The number of carbonyl (C=O) groups excluding carboxylic acids is 1. The van der Waals surface area contributed by atoms with Crippen LogP contribution in [0.2, 0.25) is 0 Å². The van der Waals surface area contributed by atoms with Gasteiger partial charge in [-0.25, -0.2) is 4.79 Å². The van der Waals surface area contributed by atoms with Crippen molar-refractivity contribution in [3.05, 3.63) is 60.2 Å².